The minimum atomic E-state index is -2.60. The normalized spacial score (nSPS) is 28.6. The van der Waals surface area contributed by atoms with E-state index in [2.05, 4.69) is 5.32 Å². The fourth-order valence-electron chi connectivity index (χ4n) is 11.0. The van der Waals surface area contributed by atoms with Gasteiger partial charge in [0.25, 0.3) is 0 Å². The summed E-state index contributed by atoms with van der Waals surface area (Å²) in [6.07, 6.45) is -15.1. The van der Waals surface area contributed by atoms with Gasteiger partial charge >= 0.3 is 47.9 Å². The molecule has 4 aliphatic rings. The maximum atomic E-state index is 16.3. The molecular formula is C53H65NO20. The van der Waals surface area contributed by atoms with Gasteiger partial charge in [-0.25, -0.2) is 14.4 Å². The number of benzene rings is 2. The van der Waals surface area contributed by atoms with E-state index in [-0.39, 0.29) is 41.5 Å². The molecular weight excluding hydrogens is 971 g/mol. The van der Waals surface area contributed by atoms with E-state index >= 15 is 4.79 Å². The molecule has 0 radical (unpaired) electrons. The first-order valence-corrected chi connectivity index (χ1v) is 24.4. The van der Waals surface area contributed by atoms with Crippen LogP contribution in [0.1, 0.15) is 129 Å². The smallest absolute Gasteiger partial charge is 0.408 e. The lowest BCUT2D eigenvalue weighted by atomic mass is 9.44. The van der Waals surface area contributed by atoms with Crippen molar-refractivity contribution < 1.29 is 96.7 Å². The van der Waals surface area contributed by atoms with Gasteiger partial charge in [-0.05, 0) is 76.3 Å². The summed E-state index contributed by atoms with van der Waals surface area (Å²) in [6.45, 7) is 11.1. The molecule has 5 N–H and O–H groups in total. The molecule has 1 saturated heterocycles. The number of aliphatic carboxylic acids is 2. The highest BCUT2D eigenvalue weighted by molar-refractivity contribution is 5.96. The lowest BCUT2D eigenvalue weighted by Crippen LogP contribution is -2.82. The second-order valence-electron chi connectivity index (χ2n) is 21.0. The van der Waals surface area contributed by atoms with E-state index in [1.54, 1.807) is 57.2 Å². The first kappa shape index (κ1) is 56.6. The third kappa shape index (κ3) is 11.5. The summed E-state index contributed by atoms with van der Waals surface area (Å²) in [6, 6.07) is 14.0. The van der Waals surface area contributed by atoms with E-state index in [9.17, 15) is 58.8 Å². The number of ether oxygens (including phenoxy) is 7. The summed E-state index contributed by atoms with van der Waals surface area (Å²) in [7, 11) is 0. The first-order valence-electron chi connectivity index (χ1n) is 24.4. The number of fused-ring (bicyclic) bond motifs is 5. The van der Waals surface area contributed by atoms with Crippen molar-refractivity contribution >= 4 is 53.7 Å². The zero-order valence-corrected chi connectivity index (χ0v) is 42.6. The van der Waals surface area contributed by atoms with E-state index in [4.69, 9.17) is 33.2 Å². The van der Waals surface area contributed by atoms with E-state index in [1.165, 1.54) is 52.0 Å². The number of amides is 1. The number of nitrogens with one attached hydrogen (secondary N) is 1. The average Bonchev–Trinajstić information content (AvgIpc) is 3.30. The van der Waals surface area contributed by atoms with Crippen LogP contribution < -0.4 is 5.32 Å². The number of Topliss-reactive ketones (excluding diaryl/α,β-unsaturated/α-hetero) is 1. The third-order valence-corrected chi connectivity index (χ3v) is 14.6. The van der Waals surface area contributed by atoms with Gasteiger partial charge in [0, 0.05) is 50.9 Å². The Kier molecular flexibility index (Phi) is 16.8. The minimum Gasteiger partial charge on any atom is -0.481 e. The van der Waals surface area contributed by atoms with Crippen LogP contribution in [0, 0.1) is 16.7 Å². The number of aliphatic hydroxyl groups excluding tert-OH is 1. The van der Waals surface area contributed by atoms with Crippen LogP contribution in [0.2, 0.25) is 0 Å². The number of ketones is 1. The fraction of sp³-hybridized carbons (Fsp3) is 0.566. The summed E-state index contributed by atoms with van der Waals surface area (Å²) >= 11 is 0. The molecule has 21 nitrogen and oxygen atoms in total. The van der Waals surface area contributed by atoms with Gasteiger partial charge in [-0.3, -0.25) is 28.8 Å². The minimum absolute atomic E-state index is 0.0148. The van der Waals surface area contributed by atoms with Crippen LogP contribution in [0.5, 0.6) is 0 Å². The Labute approximate surface area is 427 Å². The van der Waals surface area contributed by atoms with Gasteiger partial charge in [0.2, 0.25) is 0 Å². The Hall–Kier alpha value is -6.71. The Bertz CT molecular complexity index is 2540. The number of hydrogen-bond acceptors (Lipinski definition) is 18. The molecule has 2 unspecified atom stereocenters. The Morgan fingerprint density at radius 2 is 1.38 bits per heavy atom. The molecule has 0 aromatic heterocycles. The first-order chi connectivity index (χ1) is 34.6. The Morgan fingerprint density at radius 1 is 0.811 bits per heavy atom. The highest BCUT2D eigenvalue weighted by Crippen LogP contribution is 2.65. The molecule has 6 rings (SSSR count). The number of carbonyl (C=O) groups excluding carboxylic acids is 7. The fourth-order valence-corrected chi connectivity index (χ4v) is 11.0. The Balaban J connectivity index is 1.59. The van der Waals surface area contributed by atoms with Crippen molar-refractivity contribution in [2.24, 2.45) is 16.7 Å². The molecule has 1 heterocycles. The summed E-state index contributed by atoms with van der Waals surface area (Å²) in [5, 5.41) is 47.1. The third-order valence-electron chi connectivity index (χ3n) is 14.6. The topological polar surface area (TPSA) is 311 Å². The van der Waals surface area contributed by atoms with Crippen molar-refractivity contribution in [3.8, 4) is 0 Å². The molecule has 2 saturated carbocycles. The predicted molar refractivity (Wildman–Crippen MR) is 254 cm³/mol. The van der Waals surface area contributed by atoms with Gasteiger partial charge in [-0.2, -0.15) is 0 Å². The highest BCUT2D eigenvalue weighted by atomic mass is 16.6. The quantitative estimate of drug-likeness (QED) is 0.0755. The monoisotopic (exact) mass is 1040 g/mol. The lowest BCUT2D eigenvalue weighted by molar-refractivity contribution is -0.346. The molecule has 3 fully saturated rings. The van der Waals surface area contributed by atoms with Gasteiger partial charge in [0.1, 0.15) is 35.6 Å². The highest BCUT2D eigenvalue weighted by Gasteiger charge is 2.79. The number of esters is 5. The predicted octanol–water partition coefficient (Wildman–Crippen LogP) is 4.87. The van der Waals surface area contributed by atoms with Gasteiger partial charge in [-0.15, -0.1) is 0 Å². The van der Waals surface area contributed by atoms with E-state index in [1.807, 2.05) is 0 Å². The van der Waals surface area contributed by atoms with Crippen LogP contribution in [0.15, 0.2) is 71.8 Å². The molecule has 0 spiro atoms. The summed E-state index contributed by atoms with van der Waals surface area (Å²) in [5.41, 5.74) is -9.69. The molecule has 1 amide bonds. The van der Waals surface area contributed by atoms with Gasteiger partial charge in [-0.1, -0.05) is 62.4 Å². The molecule has 3 aliphatic carbocycles. The number of aliphatic hydroxyl groups is 2. The molecule has 21 heteroatoms. The number of carboxylic acids is 2. The number of alkyl carbamates (subject to hydrolysis) is 1. The number of rotatable bonds is 18. The second kappa shape index (κ2) is 22.0. The maximum absolute atomic E-state index is 16.3. The van der Waals surface area contributed by atoms with Gasteiger partial charge in [0.05, 0.1) is 29.5 Å². The van der Waals surface area contributed by atoms with Crippen molar-refractivity contribution in [3.63, 3.8) is 0 Å². The van der Waals surface area contributed by atoms with Crippen LogP contribution in [0.25, 0.3) is 0 Å². The molecule has 11 atom stereocenters. The van der Waals surface area contributed by atoms with E-state index < -0.39 is 169 Å². The van der Waals surface area contributed by atoms with Gasteiger partial charge < -0.3 is 58.9 Å². The summed E-state index contributed by atoms with van der Waals surface area (Å²) in [4.78, 5) is 123. The van der Waals surface area contributed by atoms with Crippen molar-refractivity contribution in [1.82, 2.24) is 5.32 Å². The molecule has 402 valence electrons. The molecule has 2 bridgehead atoms. The largest absolute Gasteiger partial charge is 0.481 e. The van der Waals surface area contributed by atoms with Crippen LogP contribution in [0.4, 0.5) is 4.79 Å². The van der Waals surface area contributed by atoms with Gasteiger partial charge in [0.15, 0.2) is 23.6 Å². The van der Waals surface area contributed by atoms with Crippen molar-refractivity contribution in [2.45, 2.75) is 166 Å². The standard InChI is InChI=1S/C53H65NO20/c1-28-32(69-47(65)41(62)40(30-17-11-9-12-18-30)54-48(66)74-49(3,4)5)26-53(67)45(72-46(64)31-19-13-10-14-20-31)43-51(8,44(63)42(39(28)50(53,6)7)71-38(61)24-16-22-36(58)59)33(70-37(60)23-15-21-35(56)57)25-34-52(43,27-68-34)73-29(2)55/h9-14,17-20,32-34,40-43,45,62,67H,15-16,21-27H2,1-8H3,(H,54,66)(H,56,57)(H,58,59)/t32-,33-,34+,40?,41?,42+,43-,45-,51+,52-,53+/m0/s1. The number of carboxylic acid groups (broad SMARTS) is 2. The summed E-state index contributed by atoms with van der Waals surface area (Å²) < 4.78 is 42.5. The molecule has 2 aromatic carbocycles. The number of hydrogen-bond donors (Lipinski definition) is 5. The van der Waals surface area contributed by atoms with Crippen molar-refractivity contribution in [2.75, 3.05) is 6.61 Å². The van der Waals surface area contributed by atoms with Crippen molar-refractivity contribution in [1.29, 1.82) is 0 Å². The molecule has 1 aliphatic heterocycles. The Morgan fingerprint density at radius 3 is 1.91 bits per heavy atom. The zero-order valence-electron chi connectivity index (χ0n) is 42.6. The van der Waals surface area contributed by atoms with Crippen LogP contribution in [-0.2, 0) is 66.7 Å². The average molecular weight is 1040 g/mol. The van der Waals surface area contributed by atoms with Crippen molar-refractivity contribution in [3.05, 3.63) is 82.9 Å². The van der Waals surface area contributed by atoms with E-state index in [0.717, 1.165) is 6.92 Å². The number of carbonyl (C=O) groups is 9. The lowest BCUT2D eigenvalue weighted by Gasteiger charge is -2.67. The van der Waals surface area contributed by atoms with E-state index in [0.29, 0.717) is 0 Å². The second-order valence-corrected chi connectivity index (χ2v) is 21.0. The van der Waals surface area contributed by atoms with Crippen LogP contribution in [-0.4, -0.2) is 134 Å². The SMILES string of the molecule is CC(=O)O[C@@]12CO[C@@H]1C[C@H](OC(=O)CCCC(=O)O)[C@@]1(C)C(=O)[C@H](OC(=O)CCCC(=O)O)C3=C(C)[C@@H](OC(=O)C(O)C(NC(=O)OC(C)(C)C)c4ccccc4)C[C@@](O)([C@@H](OC(=O)c4ccccc4)[C@H]21)C3(C)C. The zero-order chi connectivity index (χ0) is 54.7. The summed E-state index contributed by atoms with van der Waals surface area (Å²) in [5.74, 6) is -10.6. The van der Waals surface area contributed by atoms with Crippen LogP contribution in [0.3, 0.4) is 0 Å². The maximum Gasteiger partial charge on any atom is 0.408 e. The van der Waals surface area contributed by atoms with Crippen LogP contribution >= 0.6 is 0 Å². The molecule has 74 heavy (non-hydrogen) atoms. The molecule has 2 aromatic rings.